The van der Waals surface area contributed by atoms with Crippen LogP contribution in [0.4, 0.5) is 0 Å². The first-order valence-electron chi connectivity index (χ1n) is 21.1. The lowest BCUT2D eigenvalue weighted by Gasteiger charge is -2.54. The summed E-state index contributed by atoms with van der Waals surface area (Å²) in [6.45, 7) is 18.3. The second kappa shape index (κ2) is 20.6. The van der Waals surface area contributed by atoms with Crippen molar-refractivity contribution in [1.29, 1.82) is 0 Å². The Morgan fingerprint density at radius 2 is 1.47 bits per heavy atom. The van der Waals surface area contributed by atoms with Gasteiger partial charge in [-0.25, -0.2) is 4.79 Å². The van der Waals surface area contributed by atoms with Crippen molar-refractivity contribution >= 4 is 23.3 Å². The lowest BCUT2D eigenvalue weighted by Crippen LogP contribution is -2.66. The number of ketones is 3. The van der Waals surface area contributed by atoms with Crippen molar-refractivity contribution in [2.75, 3.05) is 0 Å². The molecule has 3 heterocycles. The third kappa shape index (κ3) is 11.4. The summed E-state index contributed by atoms with van der Waals surface area (Å²) in [6.07, 6.45) is 6.53. The predicted octanol–water partition coefficient (Wildman–Crippen LogP) is 5.06. The van der Waals surface area contributed by atoms with E-state index in [0.29, 0.717) is 25.7 Å². The molecule has 0 amide bonds. The van der Waals surface area contributed by atoms with E-state index in [1.54, 1.807) is 27.7 Å². The zero-order valence-corrected chi connectivity index (χ0v) is 36.0. The smallest absolute Gasteiger partial charge is 0.330 e. The van der Waals surface area contributed by atoms with Crippen LogP contribution in [-0.2, 0) is 33.4 Å². The summed E-state index contributed by atoms with van der Waals surface area (Å²) in [7, 11) is 0. The van der Waals surface area contributed by atoms with Gasteiger partial charge in [-0.1, -0.05) is 92.7 Å². The van der Waals surface area contributed by atoms with Crippen LogP contribution in [0.3, 0.4) is 0 Å². The van der Waals surface area contributed by atoms with Gasteiger partial charge in [0.15, 0.2) is 11.6 Å². The molecule has 0 saturated carbocycles. The Kier molecular flexibility index (Phi) is 17.6. The Balaban J connectivity index is 2.02. The molecule has 3 aliphatic rings. The average Bonchev–Trinajstić information content (AvgIpc) is 3.16. The van der Waals surface area contributed by atoms with Gasteiger partial charge in [-0.15, -0.1) is 0 Å². The predicted molar refractivity (Wildman–Crippen MR) is 215 cm³/mol. The fraction of sp³-hybridized carbons (Fsp3) is 0.778. The van der Waals surface area contributed by atoms with E-state index in [1.807, 2.05) is 32.1 Å². The standard InChI is InChI=1S/C45H72O12/c1-12-33-17-15-13-14-16-25(3)42(52)44(11,54)43(53)31(9)40(51)30(8)39(50)29(7)38(49)24(2)18-21-37(48)55-41-28(6)34(20-19-33)56-45(32(41)10)36(47)22-26(4)35(57-45)23-27(5)46/h13-15,17-18,21,24-35,38,40-42,46,49,51-52,54H,12,16,19-20,22-23H2,1-11H3/b14-13+,17-15+,21-18+/t24-,25+,26-,27?,28+,29-,30-,31-,32-,33-,34-,35-,38+,40+,41+,42-,44+,45+/m1/s1. The van der Waals surface area contributed by atoms with E-state index in [9.17, 15) is 44.7 Å². The molecule has 18 atom stereocenters. The Hall–Kier alpha value is -2.58. The molecule has 0 radical (unpaired) electrons. The first-order chi connectivity index (χ1) is 26.5. The van der Waals surface area contributed by atoms with Crippen molar-refractivity contribution in [2.45, 2.75) is 169 Å². The normalized spacial score (nSPS) is 46.2. The molecule has 1 spiro atoms. The molecule has 12 nitrogen and oxygen atoms in total. The highest BCUT2D eigenvalue weighted by atomic mass is 16.7. The van der Waals surface area contributed by atoms with Gasteiger partial charge in [-0.05, 0) is 63.7 Å². The minimum Gasteiger partial charge on any atom is -0.458 e. The topological polar surface area (TPSA) is 197 Å². The summed E-state index contributed by atoms with van der Waals surface area (Å²) >= 11 is 0. The SMILES string of the molecule is CC[C@@H]1/C=C/C=C/C[C@H](C)[C@@H](O)[C@](C)(O)C(=O)[C@H](C)[C@@H](O)[C@H](C)C(=O)[C@H](C)[C@@H](O)[C@H](C)/C=C/C(=O)O[C@H]2[C@@H](C)[C@@H](CC1)O[C@]1(O[C@H](CC(C)O)[C@H](C)CC1=O)[C@@H]2C. The molecule has 5 N–H and O–H groups in total. The molecule has 2 saturated heterocycles. The number of fused-ring (bicyclic) bond motifs is 2. The monoisotopic (exact) mass is 805 g/mol. The third-order valence-corrected chi connectivity index (χ3v) is 13.2. The van der Waals surface area contributed by atoms with Crippen molar-refractivity contribution in [3.05, 3.63) is 36.5 Å². The maximum absolute atomic E-state index is 14.0. The Morgan fingerprint density at radius 3 is 2.09 bits per heavy atom. The highest BCUT2D eigenvalue weighted by molar-refractivity contribution is 5.91. The number of hydrogen-bond acceptors (Lipinski definition) is 12. The molecular formula is C45H72O12. The number of allylic oxidation sites excluding steroid dienone is 4. The molecule has 1 unspecified atom stereocenters. The molecule has 0 aliphatic carbocycles. The number of aliphatic hydroxyl groups excluding tert-OH is 4. The van der Waals surface area contributed by atoms with Crippen LogP contribution < -0.4 is 0 Å². The summed E-state index contributed by atoms with van der Waals surface area (Å²) in [6, 6.07) is 0. The van der Waals surface area contributed by atoms with Gasteiger partial charge in [0.1, 0.15) is 17.5 Å². The maximum Gasteiger partial charge on any atom is 0.330 e. The fourth-order valence-electron chi connectivity index (χ4n) is 8.91. The van der Waals surface area contributed by atoms with E-state index in [1.165, 1.54) is 39.8 Å². The number of hydrogen-bond donors (Lipinski definition) is 5. The number of carbonyl (C=O) groups excluding carboxylic acids is 4. The maximum atomic E-state index is 14.0. The number of ether oxygens (including phenoxy) is 3. The van der Waals surface area contributed by atoms with Gasteiger partial charge >= 0.3 is 5.97 Å². The van der Waals surface area contributed by atoms with Crippen LogP contribution in [0.2, 0.25) is 0 Å². The summed E-state index contributed by atoms with van der Waals surface area (Å²) < 4.78 is 19.4. The first kappa shape index (κ1) is 48.8. The van der Waals surface area contributed by atoms with Gasteiger partial charge in [0.05, 0.1) is 42.5 Å². The lowest BCUT2D eigenvalue weighted by molar-refractivity contribution is -0.344. The second-order valence-electron chi connectivity index (χ2n) is 17.9. The zero-order valence-electron chi connectivity index (χ0n) is 36.0. The quantitative estimate of drug-likeness (QED) is 0.238. The highest BCUT2D eigenvalue weighted by Crippen LogP contribution is 2.47. The molecule has 0 aromatic rings. The van der Waals surface area contributed by atoms with E-state index in [0.717, 1.165) is 6.42 Å². The Morgan fingerprint density at radius 1 is 0.842 bits per heavy atom. The van der Waals surface area contributed by atoms with Crippen molar-refractivity contribution in [3.8, 4) is 0 Å². The van der Waals surface area contributed by atoms with Gasteiger partial charge in [0, 0.05) is 42.1 Å². The fourth-order valence-corrected chi connectivity index (χ4v) is 8.91. The summed E-state index contributed by atoms with van der Waals surface area (Å²) in [4.78, 5) is 54.5. The van der Waals surface area contributed by atoms with Crippen LogP contribution in [0.25, 0.3) is 0 Å². The molecule has 3 aliphatic heterocycles. The molecular weight excluding hydrogens is 732 g/mol. The van der Waals surface area contributed by atoms with Crippen molar-refractivity contribution in [2.24, 2.45) is 53.3 Å². The van der Waals surface area contributed by atoms with E-state index in [2.05, 4.69) is 13.0 Å². The highest BCUT2D eigenvalue weighted by Gasteiger charge is 2.61. The Labute approximate surface area is 340 Å². The van der Waals surface area contributed by atoms with Gasteiger partial charge in [0.25, 0.3) is 0 Å². The molecule has 2 fully saturated rings. The third-order valence-electron chi connectivity index (χ3n) is 13.2. The number of rotatable bonds is 3. The minimum absolute atomic E-state index is 0.132. The summed E-state index contributed by atoms with van der Waals surface area (Å²) in [5.74, 6) is -9.55. The van der Waals surface area contributed by atoms with Crippen molar-refractivity contribution in [1.82, 2.24) is 0 Å². The number of Topliss-reactive ketones (excluding diaryl/α,β-unsaturated/α-hetero) is 3. The van der Waals surface area contributed by atoms with Gasteiger partial charge < -0.3 is 39.7 Å². The molecule has 324 valence electrons. The molecule has 2 bridgehead atoms. The number of aliphatic hydroxyl groups is 5. The van der Waals surface area contributed by atoms with E-state index in [-0.39, 0.29) is 30.0 Å². The van der Waals surface area contributed by atoms with E-state index < -0.39 is 107 Å². The molecule has 0 aromatic heterocycles. The summed E-state index contributed by atoms with van der Waals surface area (Å²) in [5.41, 5.74) is -2.21. The van der Waals surface area contributed by atoms with Crippen molar-refractivity contribution < 1.29 is 58.9 Å². The average molecular weight is 805 g/mol. The van der Waals surface area contributed by atoms with E-state index in [4.69, 9.17) is 14.2 Å². The van der Waals surface area contributed by atoms with Crippen LogP contribution in [0, 0.1) is 53.3 Å². The first-order valence-corrected chi connectivity index (χ1v) is 21.1. The number of carbonyl (C=O) groups is 4. The van der Waals surface area contributed by atoms with Crippen LogP contribution in [0.5, 0.6) is 0 Å². The molecule has 12 heteroatoms. The van der Waals surface area contributed by atoms with Crippen LogP contribution in [0.1, 0.15) is 115 Å². The summed E-state index contributed by atoms with van der Waals surface area (Å²) in [5, 5.41) is 55.0. The minimum atomic E-state index is -2.21. The Bertz CT molecular complexity index is 1470. The molecule has 57 heavy (non-hydrogen) atoms. The molecule has 3 rings (SSSR count). The van der Waals surface area contributed by atoms with Gasteiger partial charge in [-0.2, -0.15) is 0 Å². The van der Waals surface area contributed by atoms with Crippen molar-refractivity contribution in [3.63, 3.8) is 0 Å². The zero-order chi connectivity index (χ0) is 43.2. The van der Waals surface area contributed by atoms with Gasteiger partial charge in [0.2, 0.25) is 5.79 Å². The lowest BCUT2D eigenvalue weighted by atomic mass is 9.74. The van der Waals surface area contributed by atoms with Gasteiger partial charge in [-0.3, -0.25) is 14.4 Å². The second-order valence-corrected chi connectivity index (χ2v) is 17.9. The van der Waals surface area contributed by atoms with Crippen LogP contribution >= 0.6 is 0 Å². The van der Waals surface area contributed by atoms with E-state index >= 15 is 0 Å². The largest absolute Gasteiger partial charge is 0.458 e. The van der Waals surface area contributed by atoms with Crippen LogP contribution in [0.15, 0.2) is 36.5 Å². The number of esters is 1. The van der Waals surface area contributed by atoms with Crippen LogP contribution in [-0.4, -0.2) is 103 Å². The molecule has 0 aromatic carbocycles.